The average molecular weight is 706 g/mol. The van der Waals surface area contributed by atoms with Gasteiger partial charge in [-0.2, -0.15) is 0 Å². The number of benzene rings is 9. The van der Waals surface area contributed by atoms with E-state index in [2.05, 4.69) is 217 Å². The van der Waals surface area contributed by atoms with Gasteiger partial charge in [0.25, 0.3) is 0 Å². The first-order valence-electron chi connectivity index (χ1n) is 18.4. The lowest BCUT2D eigenvalue weighted by atomic mass is 9.93. The summed E-state index contributed by atoms with van der Waals surface area (Å²) >= 11 is 1.87. The molecular weight excluding hydrogens is 671 g/mol. The highest BCUT2D eigenvalue weighted by Gasteiger charge is 2.22. The predicted octanol–water partition coefficient (Wildman–Crippen LogP) is 15.3. The lowest BCUT2D eigenvalue weighted by molar-refractivity contribution is 1.30. The zero-order chi connectivity index (χ0) is 35.8. The van der Waals surface area contributed by atoms with Crippen LogP contribution in [0.25, 0.3) is 75.5 Å². The zero-order valence-electron chi connectivity index (χ0n) is 29.6. The molecule has 0 aliphatic heterocycles. The molecule has 0 aliphatic carbocycles. The van der Waals surface area contributed by atoms with Gasteiger partial charge in [-0.05, 0) is 97.7 Å². The smallest absolute Gasteiger partial charge is 0.0646 e. The molecule has 2 heteroatoms. The number of nitrogens with zero attached hydrogens (tertiary/aromatic N) is 1. The number of fused-ring (bicyclic) bond motifs is 4. The number of rotatable bonds is 7. The Hall–Kier alpha value is -6.74. The minimum atomic E-state index is 1.11. The van der Waals surface area contributed by atoms with Crippen LogP contribution in [0.3, 0.4) is 0 Å². The molecule has 254 valence electrons. The molecule has 0 N–H and O–H groups in total. The summed E-state index contributed by atoms with van der Waals surface area (Å²) in [5.41, 5.74) is 13.0. The van der Waals surface area contributed by atoms with Gasteiger partial charge in [0.1, 0.15) is 0 Å². The van der Waals surface area contributed by atoms with Gasteiger partial charge in [0.05, 0.1) is 10.4 Å². The molecule has 0 saturated heterocycles. The third-order valence-electron chi connectivity index (χ3n) is 10.5. The van der Waals surface area contributed by atoms with Crippen molar-refractivity contribution in [2.45, 2.75) is 0 Å². The van der Waals surface area contributed by atoms with E-state index in [-0.39, 0.29) is 0 Å². The molecule has 0 radical (unpaired) electrons. The number of thiophene rings is 1. The summed E-state index contributed by atoms with van der Waals surface area (Å²) in [6.45, 7) is 0. The van der Waals surface area contributed by atoms with Gasteiger partial charge < -0.3 is 4.90 Å². The predicted molar refractivity (Wildman–Crippen MR) is 233 cm³/mol. The van der Waals surface area contributed by atoms with Gasteiger partial charge in [-0.25, -0.2) is 0 Å². The summed E-state index contributed by atoms with van der Waals surface area (Å²) in [6.07, 6.45) is 0. The minimum absolute atomic E-state index is 1.11. The van der Waals surface area contributed by atoms with Gasteiger partial charge in [-0.1, -0.05) is 170 Å². The third kappa shape index (κ3) is 5.74. The van der Waals surface area contributed by atoms with Crippen LogP contribution >= 0.6 is 11.3 Å². The van der Waals surface area contributed by atoms with Crippen molar-refractivity contribution in [1.82, 2.24) is 0 Å². The zero-order valence-corrected chi connectivity index (χ0v) is 30.4. The van der Waals surface area contributed by atoms with Crippen molar-refractivity contribution in [1.29, 1.82) is 0 Å². The Morgan fingerprint density at radius 3 is 1.63 bits per heavy atom. The standard InChI is InChI=1S/C52H35NS/c1-4-15-36(16-5-1)41-33-49-47-24-12-13-26-51(47)54-52(49)50(34-41)53(42-29-27-40(28-30-42)45-25-14-22-38-21-10-11-23-44(38)45)43-31-32-46(37-17-6-2-7-18-37)48(35-43)39-19-8-3-9-20-39/h1-35H. The Labute approximate surface area is 319 Å². The van der Waals surface area contributed by atoms with Gasteiger partial charge in [-0.3, -0.25) is 0 Å². The molecule has 10 rings (SSSR count). The van der Waals surface area contributed by atoms with Crippen LogP contribution in [0.1, 0.15) is 0 Å². The fourth-order valence-corrected chi connectivity index (χ4v) is 9.05. The molecule has 0 atom stereocenters. The van der Waals surface area contributed by atoms with Crippen LogP contribution in [-0.2, 0) is 0 Å². The molecule has 54 heavy (non-hydrogen) atoms. The molecule has 1 heterocycles. The fourth-order valence-electron chi connectivity index (χ4n) is 7.86. The monoisotopic (exact) mass is 705 g/mol. The fraction of sp³-hybridized carbons (Fsp3) is 0. The molecular formula is C52H35NS. The van der Waals surface area contributed by atoms with Crippen molar-refractivity contribution >= 4 is 59.3 Å². The van der Waals surface area contributed by atoms with Crippen LogP contribution < -0.4 is 4.90 Å². The molecule has 10 aromatic rings. The van der Waals surface area contributed by atoms with Crippen LogP contribution in [0, 0.1) is 0 Å². The minimum Gasteiger partial charge on any atom is -0.309 e. The number of hydrogen-bond acceptors (Lipinski definition) is 2. The van der Waals surface area contributed by atoms with E-state index in [4.69, 9.17) is 0 Å². The van der Waals surface area contributed by atoms with Crippen molar-refractivity contribution in [3.8, 4) is 44.5 Å². The van der Waals surface area contributed by atoms with E-state index >= 15 is 0 Å². The van der Waals surface area contributed by atoms with Crippen molar-refractivity contribution in [2.75, 3.05) is 4.90 Å². The van der Waals surface area contributed by atoms with E-state index in [0.29, 0.717) is 0 Å². The lowest BCUT2D eigenvalue weighted by Crippen LogP contribution is -2.11. The van der Waals surface area contributed by atoms with Crippen LogP contribution in [0.4, 0.5) is 17.1 Å². The van der Waals surface area contributed by atoms with Crippen LogP contribution in [0.15, 0.2) is 212 Å². The van der Waals surface area contributed by atoms with E-state index in [1.807, 2.05) is 11.3 Å². The summed E-state index contributed by atoms with van der Waals surface area (Å²) in [5, 5.41) is 5.06. The Morgan fingerprint density at radius 1 is 0.315 bits per heavy atom. The highest BCUT2D eigenvalue weighted by atomic mass is 32.1. The Morgan fingerprint density at radius 2 is 0.889 bits per heavy atom. The second-order valence-electron chi connectivity index (χ2n) is 13.7. The maximum Gasteiger partial charge on any atom is 0.0646 e. The molecule has 0 unspecified atom stereocenters. The summed E-state index contributed by atoms with van der Waals surface area (Å²) < 4.78 is 2.55. The first-order chi connectivity index (χ1) is 26.8. The second-order valence-corrected chi connectivity index (χ2v) is 14.8. The molecule has 0 amide bonds. The van der Waals surface area contributed by atoms with E-state index in [9.17, 15) is 0 Å². The first kappa shape index (κ1) is 32.0. The van der Waals surface area contributed by atoms with Gasteiger partial charge >= 0.3 is 0 Å². The molecule has 0 fully saturated rings. The summed E-state index contributed by atoms with van der Waals surface area (Å²) in [5.74, 6) is 0. The first-order valence-corrected chi connectivity index (χ1v) is 19.2. The molecule has 0 saturated carbocycles. The van der Waals surface area contributed by atoms with Crippen molar-refractivity contribution in [3.63, 3.8) is 0 Å². The quantitative estimate of drug-likeness (QED) is 0.160. The summed E-state index contributed by atoms with van der Waals surface area (Å²) in [4.78, 5) is 2.47. The van der Waals surface area contributed by atoms with Crippen LogP contribution in [0.2, 0.25) is 0 Å². The highest BCUT2D eigenvalue weighted by molar-refractivity contribution is 7.26. The third-order valence-corrected chi connectivity index (χ3v) is 11.7. The highest BCUT2D eigenvalue weighted by Crippen LogP contribution is 2.48. The molecule has 1 aromatic heterocycles. The Kier molecular flexibility index (Phi) is 8.09. The van der Waals surface area contributed by atoms with Crippen LogP contribution in [0.5, 0.6) is 0 Å². The maximum atomic E-state index is 2.47. The Bertz CT molecular complexity index is 2910. The van der Waals surface area contributed by atoms with E-state index in [1.165, 1.54) is 75.5 Å². The van der Waals surface area contributed by atoms with Gasteiger partial charge in [0.2, 0.25) is 0 Å². The van der Waals surface area contributed by atoms with Crippen LogP contribution in [-0.4, -0.2) is 0 Å². The number of anilines is 3. The summed E-state index contributed by atoms with van der Waals surface area (Å²) in [7, 11) is 0. The number of hydrogen-bond donors (Lipinski definition) is 0. The molecule has 9 aromatic carbocycles. The molecule has 0 spiro atoms. The van der Waals surface area contributed by atoms with E-state index in [1.54, 1.807) is 0 Å². The largest absolute Gasteiger partial charge is 0.309 e. The normalized spacial score (nSPS) is 11.3. The van der Waals surface area contributed by atoms with Gasteiger partial charge in [0.15, 0.2) is 0 Å². The second kappa shape index (κ2) is 13.7. The van der Waals surface area contributed by atoms with Gasteiger partial charge in [0, 0.05) is 26.8 Å². The van der Waals surface area contributed by atoms with E-state index < -0.39 is 0 Å². The molecule has 0 aliphatic rings. The van der Waals surface area contributed by atoms with Crippen molar-refractivity contribution in [2.24, 2.45) is 0 Å². The average Bonchev–Trinajstić information content (AvgIpc) is 3.64. The van der Waals surface area contributed by atoms with E-state index in [0.717, 1.165) is 17.1 Å². The topological polar surface area (TPSA) is 3.24 Å². The lowest BCUT2D eigenvalue weighted by Gasteiger charge is -2.28. The van der Waals surface area contributed by atoms with Gasteiger partial charge in [-0.15, -0.1) is 11.3 Å². The van der Waals surface area contributed by atoms with Crippen molar-refractivity contribution in [3.05, 3.63) is 212 Å². The maximum absolute atomic E-state index is 2.47. The van der Waals surface area contributed by atoms with Crippen molar-refractivity contribution < 1.29 is 0 Å². The SMILES string of the molecule is c1ccc(-c2cc(N(c3ccc(-c4cccc5ccccc45)cc3)c3ccc(-c4ccccc4)c(-c4ccccc4)c3)c3sc4ccccc4c3c2)cc1. The molecule has 1 nitrogen and oxygen atoms in total. The molecule has 0 bridgehead atoms. The summed E-state index contributed by atoms with van der Waals surface area (Å²) in [6, 6.07) is 77.2. The Balaban J connectivity index is 1.24.